The Balaban J connectivity index is 2.01. The van der Waals surface area contributed by atoms with Crippen LogP contribution < -0.4 is 0 Å². The first kappa shape index (κ1) is 11.7. The van der Waals surface area contributed by atoms with Crippen molar-refractivity contribution in [1.29, 1.82) is 5.26 Å². The van der Waals surface area contributed by atoms with Gasteiger partial charge in [0.05, 0.1) is 4.88 Å². The van der Waals surface area contributed by atoms with Gasteiger partial charge in [-0.05, 0) is 30.9 Å². The van der Waals surface area contributed by atoms with Crippen LogP contribution in [0, 0.1) is 17.2 Å². The van der Waals surface area contributed by atoms with Crippen molar-refractivity contribution >= 4 is 24.0 Å². The van der Waals surface area contributed by atoms with E-state index in [1.165, 1.54) is 12.8 Å². The molecule has 3 rings (SSSR count). The summed E-state index contributed by atoms with van der Waals surface area (Å²) in [6.45, 7) is 0. The Kier molecular flexibility index (Phi) is 3.06. The minimum absolute atomic E-state index is 0.155. The van der Waals surface area contributed by atoms with Crippen LogP contribution in [0.2, 0.25) is 0 Å². The van der Waals surface area contributed by atoms with E-state index in [4.69, 9.17) is 0 Å². The number of nitrogens with zero attached hydrogens (tertiary/aromatic N) is 3. The Morgan fingerprint density at radius 3 is 2.94 bits per heavy atom. The van der Waals surface area contributed by atoms with Crippen LogP contribution in [0.3, 0.4) is 0 Å². The lowest BCUT2D eigenvalue weighted by atomic mass is 10.2. The summed E-state index contributed by atoms with van der Waals surface area (Å²) >= 11 is 6.19. The molecule has 1 aliphatic carbocycles. The maximum atomic E-state index is 9.17. The maximum absolute atomic E-state index is 9.17. The van der Waals surface area contributed by atoms with Crippen molar-refractivity contribution in [2.24, 2.45) is 5.92 Å². The summed E-state index contributed by atoms with van der Waals surface area (Å²) in [6, 6.07) is 6.02. The molecule has 1 saturated carbocycles. The zero-order valence-electron chi connectivity index (χ0n) is 9.58. The normalized spacial score (nSPS) is 16.2. The predicted octanol–water partition coefficient (Wildman–Crippen LogP) is 3.46. The van der Waals surface area contributed by atoms with Crippen molar-refractivity contribution < 1.29 is 0 Å². The molecule has 0 radical (unpaired) electrons. The molecule has 1 unspecified atom stereocenters. The van der Waals surface area contributed by atoms with E-state index in [0.717, 1.165) is 15.4 Å². The zero-order chi connectivity index (χ0) is 12.5. The van der Waals surface area contributed by atoms with Crippen molar-refractivity contribution in [1.82, 2.24) is 9.97 Å². The fraction of sp³-hybridized carbons (Fsp3) is 0.308. The molecule has 0 aromatic carbocycles. The predicted molar refractivity (Wildman–Crippen MR) is 74.5 cm³/mol. The summed E-state index contributed by atoms with van der Waals surface area (Å²) in [5.41, 5.74) is 1.48. The number of hydrogen-bond donors (Lipinski definition) is 1. The highest BCUT2D eigenvalue weighted by atomic mass is 32.1. The summed E-state index contributed by atoms with van der Waals surface area (Å²) in [6.07, 6.45) is 5.92. The van der Waals surface area contributed by atoms with Gasteiger partial charge in [0.25, 0.3) is 0 Å². The first-order valence-corrected chi connectivity index (χ1v) is 7.12. The Labute approximate surface area is 115 Å². The molecule has 0 amide bonds. The third-order valence-corrected chi connectivity index (χ3v) is 5.05. The van der Waals surface area contributed by atoms with E-state index >= 15 is 0 Å². The van der Waals surface area contributed by atoms with Gasteiger partial charge in [0.2, 0.25) is 0 Å². The van der Waals surface area contributed by atoms with Crippen LogP contribution in [0.15, 0.2) is 24.5 Å². The summed E-state index contributed by atoms with van der Waals surface area (Å²) in [5, 5.41) is 10.2. The van der Waals surface area contributed by atoms with Crippen LogP contribution in [0.1, 0.15) is 28.7 Å². The van der Waals surface area contributed by atoms with Crippen molar-refractivity contribution in [3.63, 3.8) is 0 Å². The highest BCUT2D eigenvalue weighted by Crippen LogP contribution is 2.48. The average molecular weight is 273 g/mol. The first-order chi connectivity index (χ1) is 8.79. The monoisotopic (exact) mass is 273 g/mol. The Morgan fingerprint density at radius 1 is 1.50 bits per heavy atom. The molecule has 2 aromatic rings. The van der Waals surface area contributed by atoms with Crippen LogP contribution in [-0.2, 0) is 0 Å². The van der Waals surface area contributed by atoms with E-state index in [0.29, 0.717) is 11.6 Å². The summed E-state index contributed by atoms with van der Waals surface area (Å²) in [4.78, 5) is 9.48. The molecule has 0 spiro atoms. The molecule has 0 saturated heterocycles. The minimum atomic E-state index is 0.155. The van der Waals surface area contributed by atoms with Gasteiger partial charge in [0, 0.05) is 23.2 Å². The van der Waals surface area contributed by atoms with Crippen molar-refractivity contribution in [3.8, 4) is 16.6 Å². The molecule has 0 bridgehead atoms. The molecule has 1 aliphatic rings. The maximum Gasteiger partial charge on any atom is 0.156 e. The number of nitriles is 1. The van der Waals surface area contributed by atoms with Gasteiger partial charge in [-0.25, -0.2) is 4.98 Å². The van der Waals surface area contributed by atoms with E-state index in [-0.39, 0.29) is 5.25 Å². The minimum Gasteiger partial charge on any atom is -0.264 e. The summed E-state index contributed by atoms with van der Waals surface area (Å²) < 4.78 is 0. The number of rotatable bonds is 3. The van der Waals surface area contributed by atoms with E-state index in [1.807, 2.05) is 12.1 Å². The third-order valence-electron chi connectivity index (χ3n) is 3.00. The third kappa shape index (κ3) is 2.14. The quantitative estimate of drug-likeness (QED) is 0.871. The fourth-order valence-corrected chi connectivity index (χ4v) is 3.51. The molecule has 2 heterocycles. The molecule has 90 valence electrons. The van der Waals surface area contributed by atoms with Crippen LogP contribution in [-0.4, -0.2) is 9.97 Å². The van der Waals surface area contributed by atoms with Gasteiger partial charge in [-0.3, -0.25) is 4.98 Å². The molecule has 5 heteroatoms. The highest BCUT2D eigenvalue weighted by Gasteiger charge is 2.33. The zero-order valence-corrected chi connectivity index (χ0v) is 11.3. The summed E-state index contributed by atoms with van der Waals surface area (Å²) in [5.74, 6) is 0.614. The van der Waals surface area contributed by atoms with Crippen molar-refractivity contribution in [2.45, 2.75) is 18.1 Å². The number of hydrogen-bond acceptors (Lipinski definition) is 5. The molecular weight excluding hydrogens is 262 g/mol. The van der Waals surface area contributed by atoms with E-state index < -0.39 is 0 Å². The van der Waals surface area contributed by atoms with Crippen molar-refractivity contribution in [2.75, 3.05) is 0 Å². The number of aromatic nitrogens is 2. The fourth-order valence-electron chi connectivity index (χ4n) is 1.85. The van der Waals surface area contributed by atoms with E-state index in [9.17, 15) is 5.26 Å². The largest absolute Gasteiger partial charge is 0.264 e. The molecule has 18 heavy (non-hydrogen) atoms. The number of thiazole rings is 1. The summed E-state index contributed by atoms with van der Waals surface area (Å²) in [7, 11) is 0. The second-order valence-corrected chi connectivity index (χ2v) is 5.95. The Morgan fingerprint density at radius 2 is 2.33 bits per heavy atom. The van der Waals surface area contributed by atoms with Crippen LogP contribution in [0.4, 0.5) is 0 Å². The number of pyridine rings is 1. The highest BCUT2D eigenvalue weighted by molar-refractivity contribution is 7.80. The second-order valence-electron chi connectivity index (χ2n) is 4.37. The van der Waals surface area contributed by atoms with Crippen LogP contribution in [0.5, 0.6) is 0 Å². The standard InChI is InChI=1S/C13H11N3S2/c14-6-10-12(11(17)8-3-4-8)18-13(16-10)9-2-1-5-15-7-9/h1-2,5,7-8,11,17H,3-4H2. The van der Waals surface area contributed by atoms with Gasteiger partial charge < -0.3 is 0 Å². The van der Waals surface area contributed by atoms with Crippen molar-refractivity contribution in [3.05, 3.63) is 35.1 Å². The molecular formula is C13H11N3S2. The van der Waals surface area contributed by atoms with Crippen LogP contribution >= 0.6 is 24.0 Å². The van der Waals surface area contributed by atoms with Gasteiger partial charge in [0.1, 0.15) is 11.1 Å². The van der Waals surface area contributed by atoms with Gasteiger partial charge in [-0.2, -0.15) is 17.9 Å². The van der Waals surface area contributed by atoms with Gasteiger partial charge >= 0.3 is 0 Å². The Bertz CT molecular complexity index is 596. The molecule has 1 fully saturated rings. The van der Waals surface area contributed by atoms with Crippen LogP contribution in [0.25, 0.3) is 10.6 Å². The lowest BCUT2D eigenvalue weighted by molar-refractivity contribution is 0.824. The second kappa shape index (κ2) is 4.71. The molecule has 0 aliphatic heterocycles. The molecule has 2 aromatic heterocycles. The van der Waals surface area contributed by atoms with Gasteiger partial charge in [-0.1, -0.05) is 0 Å². The molecule has 1 atom stereocenters. The van der Waals surface area contributed by atoms with E-state index in [1.54, 1.807) is 23.7 Å². The Hall–Kier alpha value is -1.38. The lowest BCUT2D eigenvalue weighted by Crippen LogP contribution is -1.92. The molecule has 3 nitrogen and oxygen atoms in total. The van der Waals surface area contributed by atoms with Gasteiger partial charge in [-0.15, -0.1) is 11.3 Å². The number of thiol groups is 1. The van der Waals surface area contributed by atoms with E-state index in [2.05, 4.69) is 28.7 Å². The topological polar surface area (TPSA) is 49.6 Å². The SMILES string of the molecule is N#Cc1nc(-c2cccnc2)sc1C(S)C1CC1. The van der Waals surface area contributed by atoms with Gasteiger partial charge in [0.15, 0.2) is 5.69 Å². The smallest absolute Gasteiger partial charge is 0.156 e. The lowest BCUT2D eigenvalue weighted by Gasteiger charge is -2.04. The molecule has 0 N–H and O–H groups in total. The average Bonchev–Trinajstić information content (AvgIpc) is 3.18. The first-order valence-electron chi connectivity index (χ1n) is 5.79.